The Bertz CT molecular complexity index is 1250. The number of aromatic nitrogens is 1. The number of hydrogen-bond donors (Lipinski definition) is 1. The van der Waals surface area contributed by atoms with Crippen LogP contribution in [0.1, 0.15) is 25.3 Å². The Hall–Kier alpha value is -2.78. The van der Waals surface area contributed by atoms with E-state index in [0.717, 1.165) is 24.8 Å². The molecular formula is C22H23N3O4S2. The summed E-state index contributed by atoms with van der Waals surface area (Å²) in [4.78, 5) is 31.5. The molecule has 7 nitrogen and oxygen atoms in total. The topological polar surface area (TPSA) is 96.4 Å². The zero-order chi connectivity index (χ0) is 22.2. The Kier molecular flexibility index (Phi) is 5.81. The molecule has 2 heterocycles. The van der Waals surface area contributed by atoms with Gasteiger partial charge in [0, 0.05) is 24.9 Å². The Morgan fingerprint density at radius 3 is 2.65 bits per heavy atom. The molecule has 0 radical (unpaired) electrons. The molecule has 1 aromatic heterocycles. The number of amides is 2. The number of rotatable bonds is 6. The van der Waals surface area contributed by atoms with Gasteiger partial charge in [0.05, 0.1) is 21.0 Å². The maximum atomic E-state index is 12.8. The van der Waals surface area contributed by atoms with E-state index in [1.165, 1.54) is 23.0 Å². The van der Waals surface area contributed by atoms with Crippen LogP contribution in [0, 0.1) is 5.92 Å². The monoisotopic (exact) mass is 457 g/mol. The first-order valence-corrected chi connectivity index (χ1v) is 12.8. The molecule has 4 rings (SSSR count). The first-order chi connectivity index (χ1) is 14.7. The molecule has 0 spiro atoms. The van der Waals surface area contributed by atoms with Crippen molar-refractivity contribution in [1.29, 1.82) is 0 Å². The number of nitrogens with zero attached hydrogens (tertiary/aromatic N) is 2. The van der Waals surface area contributed by atoms with E-state index in [9.17, 15) is 18.0 Å². The second kappa shape index (κ2) is 8.39. The van der Waals surface area contributed by atoms with Gasteiger partial charge in [-0.1, -0.05) is 36.8 Å². The van der Waals surface area contributed by atoms with Gasteiger partial charge in [0.2, 0.25) is 11.8 Å². The van der Waals surface area contributed by atoms with Crippen molar-refractivity contribution in [3.63, 3.8) is 0 Å². The second-order valence-corrected chi connectivity index (χ2v) is 10.8. The number of thiazole rings is 1. The van der Waals surface area contributed by atoms with Crippen LogP contribution in [0.4, 0.5) is 10.8 Å². The van der Waals surface area contributed by atoms with E-state index in [-0.39, 0.29) is 23.1 Å². The van der Waals surface area contributed by atoms with Gasteiger partial charge in [-0.3, -0.25) is 9.59 Å². The highest BCUT2D eigenvalue weighted by Gasteiger charge is 2.35. The van der Waals surface area contributed by atoms with E-state index < -0.39 is 15.8 Å². The molecule has 1 aliphatic heterocycles. The predicted molar refractivity (Wildman–Crippen MR) is 122 cm³/mol. The minimum absolute atomic E-state index is 0.0783. The van der Waals surface area contributed by atoms with Crippen LogP contribution in [0.3, 0.4) is 0 Å². The zero-order valence-electron chi connectivity index (χ0n) is 17.3. The van der Waals surface area contributed by atoms with Crippen molar-refractivity contribution in [2.45, 2.75) is 31.1 Å². The fourth-order valence-corrected chi connectivity index (χ4v) is 5.29. The average Bonchev–Trinajstić information content (AvgIpc) is 3.30. The first kappa shape index (κ1) is 21.5. The minimum atomic E-state index is -3.32. The van der Waals surface area contributed by atoms with Gasteiger partial charge in [-0.15, -0.1) is 0 Å². The summed E-state index contributed by atoms with van der Waals surface area (Å²) in [5.41, 5.74) is 2.64. The van der Waals surface area contributed by atoms with Gasteiger partial charge in [0.1, 0.15) is 0 Å². The Balaban J connectivity index is 1.46. The van der Waals surface area contributed by atoms with Crippen molar-refractivity contribution in [2.24, 2.45) is 5.92 Å². The number of carbonyl (C=O) groups is 2. The molecule has 1 atom stereocenters. The number of anilines is 2. The highest BCUT2D eigenvalue weighted by Crippen LogP contribution is 2.30. The SMILES string of the molecule is CCCc1ccc(N2CC(C(=O)Nc3nc4ccc(S(C)(=O)=O)cc4s3)CC2=O)cc1. The molecule has 31 heavy (non-hydrogen) atoms. The van der Waals surface area contributed by atoms with Crippen molar-refractivity contribution in [3.05, 3.63) is 48.0 Å². The number of carbonyl (C=O) groups excluding carboxylic acids is 2. The normalized spacial score (nSPS) is 16.8. The van der Waals surface area contributed by atoms with Crippen molar-refractivity contribution in [3.8, 4) is 0 Å². The molecule has 2 aromatic carbocycles. The summed E-state index contributed by atoms with van der Waals surface area (Å²) in [5.74, 6) is -0.812. The molecular weight excluding hydrogens is 434 g/mol. The Labute approximate surface area is 185 Å². The number of nitrogens with one attached hydrogen (secondary N) is 1. The molecule has 1 saturated heterocycles. The summed E-state index contributed by atoms with van der Waals surface area (Å²) in [7, 11) is -3.32. The van der Waals surface area contributed by atoms with Crippen molar-refractivity contribution in [1.82, 2.24) is 4.98 Å². The molecule has 1 fully saturated rings. The summed E-state index contributed by atoms with van der Waals surface area (Å²) in [6.07, 6.45) is 3.35. The molecule has 162 valence electrons. The summed E-state index contributed by atoms with van der Waals surface area (Å²) >= 11 is 1.21. The smallest absolute Gasteiger partial charge is 0.231 e. The van der Waals surface area contributed by atoms with Crippen molar-refractivity contribution < 1.29 is 18.0 Å². The number of benzene rings is 2. The van der Waals surface area contributed by atoms with Crippen LogP contribution in [0.15, 0.2) is 47.4 Å². The lowest BCUT2D eigenvalue weighted by molar-refractivity contribution is -0.122. The molecule has 1 unspecified atom stereocenters. The van der Waals surface area contributed by atoms with Gasteiger partial charge < -0.3 is 10.2 Å². The lowest BCUT2D eigenvalue weighted by atomic mass is 10.1. The molecule has 1 aliphatic rings. The van der Waals surface area contributed by atoms with Crippen LogP contribution >= 0.6 is 11.3 Å². The molecule has 0 saturated carbocycles. The quantitative estimate of drug-likeness (QED) is 0.610. The minimum Gasteiger partial charge on any atom is -0.312 e. The number of hydrogen-bond acceptors (Lipinski definition) is 6. The van der Waals surface area contributed by atoms with Gasteiger partial charge in [-0.05, 0) is 42.3 Å². The van der Waals surface area contributed by atoms with Crippen LogP contribution in [-0.4, -0.2) is 38.0 Å². The molecule has 3 aromatic rings. The van der Waals surface area contributed by atoms with Crippen LogP contribution in [0.25, 0.3) is 10.2 Å². The van der Waals surface area contributed by atoms with Gasteiger partial charge in [-0.2, -0.15) is 0 Å². The summed E-state index contributed by atoms with van der Waals surface area (Å²) < 4.78 is 24.2. The van der Waals surface area contributed by atoms with Gasteiger partial charge in [0.15, 0.2) is 15.0 Å². The van der Waals surface area contributed by atoms with E-state index in [0.29, 0.717) is 21.9 Å². The summed E-state index contributed by atoms with van der Waals surface area (Å²) in [5, 5.41) is 3.18. The van der Waals surface area contributed by atoms with Crippen molar-refractivity contribution >= 4 is 54.0 Å². The fraction of sp³-hybridized carbons (Fsp3) is 0.318. The number of sulfone groups is 1. The molecule has 2 amide bonds. The van der Waals surface area contributed by atoms with Crippen LogP contribution in [-0.2, 0) is 25.8 Å². The Morgan fingerprint density at radius 1 is 1.23 bits per heavy atom. The lowest BCUT2D eigenvalue weighted by Crippen LogP contribution is -2.28. The second-order valence-electron chi connectivity index (χ2n) is 7.73. The van der Waals surface area contributed by atoms with Gasteiger partial charge in [-0.25, -0.2) is 13.4 Å². The molecule has 0 bridgehead atoms. The third kappa shape index (κ3) is 4.62. The third-order valence-corrected chi connectivity index (χ3v) is 7.34. The number of fused-ring (bicyclic) bond motifs is 1. The van der Waals surface area contributed by atoms with Crippen molar-refractivity contribution in [2.75, 3.05) is 23.0 Å². The van der Waals surface area contributed by atoms with E-state index in [2.05, 4.69) is 17.2 Å². The Morgan fingerprint density at radius 2 is 1.97 bits per heavy atom. The number of aryl methyl sites for hydroxylation is 1. The maximum absolute atomic E-state index is 12.8. The standard InChI is InChI=1S/C22H23N3O4S2/c1-3-4-14-5-7-16(8-6-14)25-13-15(11-20(25)26)21(27)24-22-23-18-10-9-17(31(2,28)29)12-19(18)30-22/h5-10,12,15H,3-4,11,13H2,1-2H3,(H,23,24,27). The van der Waals surface area contributed by atoms with E-state index in [4.69, 9.17) is 0 Å². The predicted octanol–water partition coefficient (Wildman–Crippen LogP) is 3.64. The van der Waals surface area contributed by atoms with Crippen LogP contribution in [0.5, 0.6) is 0 Å². The molecule has 1 N–H and O–H groups in total. The highest BCUT2D eigenvalue weighted by atomic mass is 32.2. The zero-order valence-corrected chi connectivity index (χ0v) is 18.9. The molecule has 9 heteroatoms. The fourth-order valence-electron chi connectivity index (χ4n) is 3.66. The lowest BCUT2D eigenvalue weighted by Gasteiger charge is -2.17. The van der Waals surface area contributed by atoms with E-state index in [1.54, 1.807) is 17.0 Å². The summed E-state index contributed by atoms with van der Waals surface area (Å²) in [6, 6.07) is 12.6. The molecule has 0 aliphatic carbocycles. The highest BCUT2D eigenvalue weighted by molar-refractivity contribution is 7.90. The van der Waals surface area contributed by atoms with E-state index >= 15 is 0 Å². The van der Waals surface area contributed by atoms with Gasteiger partial charge >= 0.3 is 0 Å². The summed E-state index contributed by atoms with van der Waals surface area (Å²) in [6.45, 7) is 2.44. The largest absolute Gasteiger partial charge is 0.312 e. The third-order valence-electron chi connectivity index (χ3n) is 5.30. The van der Waals surface area contributed by atoms with E-state index in [1.807, 2.05) is 24.3 Å². The van der Waals surface area contributed by atoms with Crippen LogP contribution in [0.2, 0.25) is 0 Å². The average molecular weight is 458 g/mol. The van der Waals surface area contributed by atoms with Crippen LogP contribution < -0.4 is 10.2 Å². The maximum Gasteiger partial charge on any atom is 0.231 e. The van der Waals surface area contributed by atoms with Gasteiger partial charge in [0.25, 0.3) is 0 Å². The first-order valence-electron chi connectivity index (χ1n) is 10.1.